The number of halogens is 2. The van der Waals surface area contributed by atoms with Gasteiger partial charge in [-0.3, -0.25) is 0 Å². The second-order valence-corrected chi connectivity index (χ2v) is 11.2. The molecule has 0 unspecified atom stereocenters. The van der Waals surface area contributed by atoms with Crippen molar-refractivity contribution in [1.29, 1.82) is 0 Å². The van der Waals surface area contributed by atoms with E-state index in [-0.39, 0.29) is 23.2 Å². The Morgan fingerprint density at radius 1 is 1.12 bits per heavy atom. The van der Waals surface area contributed by atoms with Crippen molar-refractivity contribution in [2.45, 2.75) is 54.0 Å². The zero-order valence-corrected chi connectivity index (χ0v) is 20.4. The molecule has 0 amide bonds. The minimum atomic E-state index is -0.237. The third kappa shape index (κ3) is 3.74. The predicted molar refractivity (Wildman–Crippen MR) is 135 cm³/mol. The summed E-state index contributed by atoms with van der Waals surface area (Å²) in [6.07, 6.45) is 6.80. The summed E-state index contributed by atoms with van der Waals surface area (Å²) in [5, 5.41) is 1.05. The number of nitrogens with two attached hydrogens (primary N) is 2. The van der Waals surface area contributed by atoms with E-state index in [1.54, 1.807) is 12.3 Å². The summed E-state index contributed by atoms with van der Waals surface area (Å²) < 4.78 is 14.2. The molecule has 2 aromatic carbocycles. The van der Waals surface area contributed by atoms with Crippen LogP contribution in [0.15, 0.2) is 52.5 Å². The van der Waals surface area contributed by atoms with Gasteiger partial charge < -0.3 is 16.4 Å². The maximum absolute atomic E-state index is 14.2. The number of rotatable bonds is 4. The highest BCUT2D eigenvalue weighted by molar-refractivity contribution is 7.99. The van der Waals surface area contributed by atoms with E-state index in [0.717, 1.165) is 55.9 Å². The SMILES string of the molecule is Nc1nc(N2CCC3(CC2)Cc2ccccc2[C@H]3N)cnc1Sc1ccc(F)c(C2CC2)c1Cl. The number of piperidine rings is 1. The van der Waals surface area contributed by atoms with E-state index in [1.165, 1.54) is 29.0 Å². The Kier molecular flexibility index (Phi) is 5.47. The lowest BCUT2D eigenvalue weighted by atomic mass is 9.73. The fraction of sp³-hybridized carbons (Fsp3) is 0.385. The average Bonchev–Trinajstić information content (AvgIpc) is 3.63. The van der Waals surface area contributed by atoms with Gasteiger partial charge in [0.25, 0.3) is 0 Å². The Balaban J connectivity index is 1.16. The van der Waals surface area contributed by atoms with E-state index in [4.69, 9.17) is 23.1 Å². The summed E-state index contributed by atoms with van der Waals surface area (Å²) in [6, 6.07) is 11.8. The van der Waals surface area contributed by atoms with Crippen molar-refractivity contribution >= 4 is 35.0 Å². The molecule has 6 rings (SSSR count). The molecule has 2 aliphatic carbocycles. The zero-order chi connectivity index (χ0) is 23.4. The van der Waals surface area contributed by atoms with Crippen LogP contribution in [-0.4, -0.2) is 23.1 Å². The largest absolute Gasteiger partial charge is 0.381 e. The number of hydrogen-bond acceptors (Lipinski definition) is 6. The minimum absolute atomic E-state index is 0.0850. The Morgan fingerprint density at radius 2 is 1.88 bits per heavy atom. The van der Waals surface area contributed by atoms with Crippen LogP contribution in [0.3, 0.4) is 0 Å². The van der Waals surface area contributed by atoms with Gasteiger partial charge in [-0.2, -0.15) is 0 Å². The van der Waals surface area contributed by atoms with Crippen LogP contribution in [0, 0.1) is 11.2 Å². The molecule has 34 heavy (non-hydrogen) atoms. The van der Waals surface area contributed by atoms with Crippen molar-refractivity contribution in [2.75, 3.05) is 23.7 Å². The summed E-state index contributed by atoms with van der Waals surface area (Å²) >= 11 is 7.88. The lowest BCUT2D eigenvalue weighted by molar-refractivity contribution is 0.187. The molecule has 0 bridgehead atoms. The normalized spacial score (nSPS) is 21.1. The molecule has 2 heterocycles. The van der Waals surface area contributed by atoms with Gasteiger partial charge in [-0.05, 0) is 66.7 Å². The molecule has 1 spiro atoms. The van der Waals surface area contributed by atoms with Gasteiger partial charge >= 0.3 is 0 Å². The van der Waals surface area contributed by atoms with E-state index >= 15 is 0 Å². The summed E-state index contributed by atoms with van der Waals surface area (Å²) in [4.78, 5) is 12.3. The van der Waals surface area contributed by atoms with E-state index in [9.17, 15) is 4.39 Å². The van der Waals surface area contributed by atoms with Crippen LogP contribution in [0.25, 0.3) is 0 Å². The van der Waals surface area contributed by atoms with Crippen LogP contribution in [0.1, 0.15) is 54.3 Å². The molecule has 4 N–H and O–H groups in total. The topological polar surface area (TPSA) is 81.1 Å². The fourth-order valence-corrected chi connectivity index (χ4v) is 6.80. The van der Waals surface area contributed by atoms with Gasteiger partial charge in [0.1, 0.15) is 16.7 Å². The maximum Gasteiger partial charge on any atom is 0.158 e. The Labute approximate surface area is 208 Å². The first kappa shape index (κ1) is 22.1. The molecule has 1 aliphatic heterocycles. The van der Waals surface area contributed by atoms with Gasteiger partial charge in [0, 0.05) is 29.6 Å². The Bertz CT molecular complexity index is 1260. The first-order valence-electron chi connectivity index (χ1n) is 11.8. The van der Waals surface area contributed by atoms with Crippen molar-refractivity contribution in [3.63, 3.8) is 0 Å². The molecule has 1 saturated carbocycles. The van der Waals surface area contributed by atoms with Crippen molar-refractivity contribution in [1.82, 2.24) is 9.97 Å². The molecule has 0 radical (unpaired) electrons. The second-order valence-electron chi connectivity index (χ2n) is 9.77. The second kappa shape index (κ2) is 8.40. The van der Waals surface area contributed by atoms with Crippen LogP contribution in [0.2, 0.25) is 5.02 Å². The number of anilines is 2. The molecule has 1 saturated heterocycles. The summed E-state index contributed by atoms with van der Waals surface area (Å²) in [5.74, 6) is 1.13. The van der Waals surface area contributed by atoms with Crippen LogP contribution in [0.5, 0.6) is 0 Å². The Morgan fingerprint density at radius 3 is 2.59 bits per heavy atom. The lowest BCUT2D eigenvalue weighted by Crippen LogP contribution is -2.44. The zero-order valence-electron chi connectivity index (χ0n) is 18.8. The lowest BCUT2D eigenvalue weighted by Gasteiger charge is -2.42. The summed E-state index contributed by atoms with van der Waals surface area (Å²) in [6.45, 7) is 1.74. The molecular formula is C26H27ClFN5S. The molecule has 5 nitrogen and oxygen atoms in total. The summed E-state index contributed by atoms with van der Waals surface area (Å²) in [5.41, 5.74) is 16.4. The molecule has 3 aliphatic rings. The van der Waals surface area contributed by atoms with Crippen LogP contribution in [0.4, 0.5) is 16.0 Å². The minimum Gasteiger partial charge on any atom is -0.381 e. The van der Waals surface area contributed by atoms with E-state index in [1.807, 2.05) is 0 Å². The number of fused-ring (bicyclic) bond motifs is 1. The van der Waals surface area contributed by atoms with Gasteiger partial charge in [0.2, 0.25) is 0 Å². The smallest absolute Gasteiger partial charge is 0.158 e. The molecule has 176 valence electrons. The van der Waals surface area contributed by atoms with Crippen LogP contribution in [-0.2, 0) is 6.42 Å². The predicted octanol–water partition coefficient (Wildman–Crippen LogP) is 5.72. The van der Waals surface area contributed by atoms with Crippen molar-refractivity contribution in [3.8, 4) is 0 Å². The number of nitrogen functional groups attached to an aromatic ring is 1. The quantitative estimate of drug-likeness (QED) is 0.481. The van der Waals surface area contributed by atoms with E-state index < -0.39 is 0 Å². The molecule has 1 atom stereocenters. The third-order valence-corrected chi connectivity index (χ3v) is 9.30. The highest BCUT2D eigenvalue weighted by Gasteiger charge is 2.46. The van der Waals surface area contributed by atoms with Crippen molar-refractivity contribution in [3.05, 3.63) is 70.1 Å². The van der Waals surface area contributed by atoms with Gasteiger partial charge in [0.15, 0.2) is 5.82 Å². The van der Waals surface area contributed by atoms with Crippen LogP contribution < -0.4 is 16.4 Å². The number of aromatic nitrogens is 2. The van der Waals surface area contributed by atoms with Crippen molar-refractivity contribution in [2.24, 2.45) is 11.1 Å². The molecule has 8 heteroatoms. The Hall–Kier alpha value is -2.35. The van der Waals surface area contributed by atoms with Crippen LogP contribution >= 0.6 is 23.4 Å². The first-order valence-corrected chi connectivity index (χ1v) is 13.0. The highest BCUT2D eigenvalue weighted by Crippen LogP contribution is 2.51. The first-order chi connectivity index (χ1) is 16.4. The molecule has 3 aromatic rings. The third-order valence-electron chi connectivity index (χ3n) is 7.71. The maximum atomic E-state index is 14.2. The van der Waals surface area contributed by atoms with Gasteiger partial charge in [-0.25, -0.2) is 14.4 Å². The van der Waals surface area contributed by atoms with E-state index in [0.29, 0.717) is 21.4 Å². The highest BCUT2D eigenvalue weighted by atomic mass is 35.5. The average molecular weight is 496 g/mol. The van der Waals surface area contributed by atoms with Crippen molar-refractivity contribution < 1.29 is 4.39 Å². The van der Waals surface area contributed by atoms with Gasteiger partial charge in [-0.1, -0.05) is 47.6 Å². The number of hydrogen-bond donors (Lipinski definition) is 2. The van der Waals surface area contributed by atoms with Gasteiger partial charge in [-0.15, -0.1) is 0 Å². The molecule has 1 aromatic heterocycles. The standard InChI is InChI=1S/C26H27ClFN5S/c27-22-19(8-7-18(28)21(22)15-5-6-15)34-25-24(30)32-20(14-31-25)33-11-9-26(10-12-33)13-16-3-1-2-4-17(16)23(26)29/h1-4,7-8,14-15,23H,5-6,9-13,29H2,(H2,30,32)/t23-/m1/s1. The molecule has 2 fully saturated rings. The molecular weight excluding hydrogens is 469 g/mol. The number of nitrogens with zero attached hydrogens (tertiary/aromatic N) is 3. The van der Waals surface area contributed by atoms with Gasteiger partial charge in [0.05, 0.1) is 11.2 Å². The summed E-state index contributed by atoms with van der Waals surface area (Å²) in [7, 11) is 0. The number of benzene rings is 2. The monoisotopic (exact) mass is 495 g/mol. The van der Waals surface area contributed by atoms with E-state index in [2.05, 4.69) is 39.1 Å². The fourth-order valence-electron chi connectivity index (χ4n) is 5.58.